The van der Waals surface area contributed by atoms with Crippen LogP contribution >= 0.6 is 0 Å². The first-order valence-corrected chi connectivity index (χ1v) is 9.39. The van der Waals surface area contributed by atoms with Gasteiger partial charge in [0.25, 0.3) is 0 Å². The number of carbonyl (C=O) groups excluding carboxylic acids is 1. The number of amides is 1. The Bertz CT molecular complexity index is 506. The van der Waals surface area contributed by atoms with Crippen molar-refractivity contribution in [3.63, 3.8) is 0 Å². The Morgan fingerprint density at radius 2 is 1.79 bits per heavy atom. The molecule has 4 nitrogen and oxygen atoms in total. The van der Waals surface area contributed by atoms with Gasteiger partial charge in [0.05, 0.1) is 0 Å². The number of alkyl carbamates (subject to hydrolysis) is 1. The topological polar surface area (TPSA) is 50.4 Å². The first-order chi connectivity index (χ1) is 11.7. The molecule has 0 aliphatic heterocycles. The lowest BCUT2D eigenvalue weighted by Gasteiger charge is -2.37. The Labute approximate surface area is 145 Å². The van der Waals surface area contributed by atoms with Crippen LogP contribution in [-0.4, -0.2) is 24.7 Å². The van der Waals surface area contributed by atoms with E-state index < -0.39 is 0 Å². The van der Waals surface area contributed by atoms with Crippen molar-refractivity contribution in [3.05, 3.63) is 35.9 Å². The number of hydrogen-bond acceptors (Lipinski definition) is 3. The van der Waals surface area contributed by atoms with Gasteiger partial charge in [-0.15, -0.1) is 0 Å². The molecule has 0 radical (unpaired) electrons. The zero-order valence-corrected chi connectivity index (χ0v) is 14.7. The van der Waals surface area contributed by atoms with Crippen LogP contribution < -0.4 is 10.6 Å². The van der Waals surface area contributed by atoms with E-state index in [-0.39, 0.29) is 12.1 Å². The summed E-state index contributed by atoms with van der Waals surface area (Å²) in [5.74, 6) is 1.77. The van der Waals surface area contributed by atoms with Crippen LogP contribution in [0.3, 0.4) is 0 Å². The van der Waals surface area contributed by atoms with Crippen molar-refractivity contribution in [2.24, 2.45) is 11.8 Å². The number of nitrogens with one attached hydrogen (secondary N) is 2. The van der Waals surface area contributed by atoms with Crippen LogP contribution in [0.2, 0.25) is 0 Å². The molecule has 0 aromatic heterocycles. The van der Waals surface area contributed by atoms with Gasteiger partial charge in [-0.05, 0) is 49.6 Å². The van der Waals surface area contributed by atoms with Gasteiger partial charge >= 0.3 is 6.09 Å². The predicted octanol–water partition coefficient (Wildman–Crippen LogP) is 3.86. The quantitative estimate of drug-likeness (QED) is 0.833. The third-order valence-electron chi connectivity index (χ3n) is 5.50. The van der Waals surface area contributed by atoms with Crippen molar-refractivity contribution >= 4 is 6.09 Å². The first kappa shape index (κ1) is 17.3. The Morgan fingerprint density at radius 3 is 2.50 bits per heavy atom. The van der Waals surface area contributed by atoms with Crippen molar-refractivity contribution in [1.82, 2.24) is 10.6 Å². The molecule has 24 heavy (non-hydrogen) atoms. The van der Waals surface area contributed by atoms with Gasteiger partial charge < -0.3 is 15.4 Å². The van der Waals surface area contributed by atoms with Crippen molar-refractivity contribution < 1.29 is 9.53 Å². The maximum absolute atomic E-state index is 11.8. The summed E-state index contributed by atoms with van der Waals surface area (Å²) in [5, 5.41) is 6.63. The highest BCUT2D eigenvalue weighted by molar-refractivity contribution is 5.67. The lowest BCUT2D eigenvalue weighted by atomic mass is 9.82. The van der Waals surface area contributed by atoms with Crippen LogP contribution in [0.5, 0.6) is 0 Å². The van der Waals surface area contributed by atoms with Crippen LogP contribution in [0, 0.1) is 11.8 Å². The van der Waals surface area contributed by atoms with Gasteiger partial charge in [0, 0.05) is 12.1 Å². The predicted molar refractivity (Wildman–Crippen MR) is 95.7 cm³/mol. The number of benzene rings is 1. The van der Waals surface area contributed by atoms with Gasteiger partial charge in [-0.25, -0.2) is 4.79 Å². The van der Waals surface area contributed by atoms with Gasteiger partial charge in [-0.2, -0.15) is 0 Å². The molecule has 1 amide bonds. The zero-order valence-electron chi connectivity index (χ0n) is 14.7. The number of ether oxygens (including phenoxy) is 1. The molecule has 0 saturated heterocycles. The highest BCUT2D eigenvalue weighted by atomic mass is 16.5. The molecule has 132 valence electrons. The molecule has 0 heterocycles. The summed E-state index contributed by atoms with van der Waals surface area (Å²) in [7, 11) is 0. The molecule has 1 aromatic rings. The fraction of sp³-hybridized carbons (Fsp3) is 0.650. The number of carbonyl (C=O) groups is 1. The first-order valence-electron chi connectivity index (χ1n) is 9.39. The van der Waals surface area contributed by atoms with Crippen LogP contribution in [0.15, 0.2) is 30.3 Å². The van der Waals surface area contributed by atoms with Crippen LogP contribution in [-0.2, 0) is 11.3 Å². The summed E-state index contributed by atoms with van der Waals surface area (Å²) in [6.45, 7) is 3.84. The largest absolute Gasteiger partial charge is 0.445 e. The van der Waals surface area contributed by atoms with E-state index in [2.05, 4.69) is 17.6 Å². The summed E-state index contributed by atoms with van der Waals surface area (Å²) in [4.78, 5) is 11.8. The van der Waals surface area contributed by atoms with Crippen molar-refractivity contribution in [2.45, 2.75) is 64.1 Å². The summed E-state index contributed by atoms with van der Waals surface area (Å²) in [6, 6.07) is 10.6. The molecule has 2 fully saturated rings. The Morgan fingerprint density at radius 1 is 1.08 bits per heavy atom. The van der Waals surface area contributed by atoms with Crippen molar-refractivity contribution in [2.75, 3.05) is 6.54 Å². The van der Waals surface area contributed by atoms with Crippen molar-refractivity contribution in [1.29, 1.82) is 0 Å². The molecule has 0 spiro atoms. The summed E-state index contributed by atoms with van der Waals surface area (Å²) in [5.41, 5.74) is 1.02. The Balaban J connectivity index is 1.25. The fourth-order valence-electron chi connectivity index (χ4n) is 3.70. The molecular formula is C20H30N2O2. The molecule has 2 aliphatic rings. The standard InChI is InChI=1S/C20H30N2O2/c1-15-7-9-16(10-8-15)13-21-18-11-19(12-18)22-20(23)24-14-17-5-3-2-4-6-17/h2-6,15-16,18-19,21H,7-14H2,1H3,(H,22,23). The zero-order chi connectivity index (χ0) is 16.8. The number of hydrogen-bond donors (Lipinski definition) is 2. The molecule has 0 unspecified atom stereocenters. The van der Waals surface area contributed by atoms with Gasteiger partial charge in [0.1, 0.15) is 6.61 Å². The average molecular weight is 330 g/mol. The Kier molecular flexibility index (Phi) is 6.13. The highest BCUT2D eigenvalue weighted by Crippen LogP contribution is 2.28. The smallest absolute Gasteiger partial charge is 0.407 e. The minimum Gasteiger partial charge on any atom is -0.445 e. The molecular weight excluding hydrogens is 300 g/mol. The molecule has 4 heteroatoms. The fourth-order valence-corrected chi connectivity index (χ4v) is 3.70. The van der Waals surface area contributed by atoms with Gasteiger partial charge in [0.2, 0.25) is 0 Å². The van der Waals surface area contributed by atoms with Crippen LogP contribution in [0.1, 0.15) is 51.0 Å². The van der Waals surface area contributed by atoms with Gasteiger partial charge in [-0.3, -0.25) is 0 Å². The van der Waals surface area contributed by atoms with Crippen LogP contribution in [0.4, 0.5) is 4.79 Å². The summed E-state index contributed by atoms with van der Waals surface area (Å²) >= 11 is 0. The SMILES string of the molecule is CC1CCC(CNC2CC(NC(=O)OCc3ccccc3)C2)CC1. The van der Waals surface area contributed by atoms with E-state index in [1.54, 1.807) is 0 Å². The second-order valence-electron chi connectivity index (χ2n) is 7.61. The molecule has 2 N–H and O–H groups in total. The maximum Gasteiger partial charge on any atom is 0.407 e. The van der Waals surface area contributed by atoms with E-state index in [1.165, 1.54) is 25.7 Å². The normalized spacial score (nSPS) is 29.5. The molecule has 0 atom stereocenters. The Hall–Kier alpha value is -1.55. The molecule has 2 saturated carbocycles. The lowest BCUT2D eigenvalue weighted by molar-refractivity contribution is 0.124. The summed E-state index contributed by atoms with van der Waals surface area (Å²) < 4.78 is 5.26. The third kappa shape index (κ3) is 5.23. The monoisotopic (exact) mass is 330 g/mol. The van der Waals surface area contributed by atoms with E-state index >= 15 is 0 Å². The number of rotatable bonds is 6. The van der Waals surface area contributed by atoms with Gasteiger partial charge in [0.15, 0.2) is 0 Å². The molecule has 1 aromatic carbocycles. The summed E-state index contributed by atoms with van der Waals surface area (Å²) in [6.07, 6.45) is 7.24. The molecule has 2 aliphatic carbocycles. The van der Waals surface area contributed by atoms with E-state index in [0.29, 0.717) is 12.6 Å². The van der Waals surface area contributed by atoms with E-state index in [1.807, 2.05) is 30.3 Å². The molecule has 3 rings (SSSR count). The third-order valence-corrected chi connectivity index (χ3v) is 5.50. The minimum absolute atomic E-state index is 0.261. The lowest BCUT2D eigenvalue weighted by Crippen LogP contribution is -2.53. The van der Waals surface area contributed by atoms with Crippen molar-refractivity contribution in [3.8, 4) is 0 Å². The van der Waals surface area contributed by atoms with Crippen LogP contribution in [0.25, 0.3) is 0 Å². The van der Waals surface area contributed by atoms with Gasteiger partial charge in [-0.1, -0.05) is 50.1 Å². The second-order valence-corrected chi connectivity index (χ2v) is 7.61. The maximum atomic E-state index is 11.8. The van der Waals surface area contributed by atoms with E-state index in [4.69, 9.17) is 4.74 Å². The van der Waals surface area contributed by atoms with E-state index in [9.17, 15) is 4.79 Å². The van der Waals surface area contributed by atoms with E-state index in [0.717, 1.165) is 36.8 Å². The minimum atomic E-state index is -0.302. The average Bonchev–Trinajstić information content (AvgIpc) is 2.57. The molecule has 0 bridgehead atoms. The second kappa shape index (κ2) is 8.52. The highest BCUT2D eigenvalue weighted by Gasteiger charge is 2.31.